The molecule has 5 atom stereocenters. The van der Waals surface area contributed by atoms with E-state index in [4.69, 9.17) is 37.0 Å². The summed E-state index contributed by atoms with van der Waals surface area (Å²) in [5, 5.41) is 10.6. The van der Waals surface area contributed by atoms with E-state index in [9.17, 15) is 43.2 Å². The minimum atomic E-state index is -5.01. The van der Waals surface area contributed by atoms with Gasteiger partial charge >= 0.3 is 39.5 Å². The van der Waals surface area contributed by atoms with Crippen molar-refractivity contribution in [1.82, 2.24) is 0 Å². The van der Waals surface area contributed by atoms with E-state index >= 15 is 0 Å². The lowest BCUT2D eigenvalue weighted by molar-refractivity contribution is -0.161. The van der Waals surface area contributed by atoms with E-state index < -0.39 is 97.5 Å². The SMILES string of the molecule is CC/C=C\C/C=C\C/C=C\C/C=C\C/C=C\C/C=C\CCC(=O)OCC(COP(=O)(O)OCC(O)COP(=O)(O)OCC(COC(=O)CCCCCC/C=C\C/C=C\C/C=C\C/C=C\CC)OC(=O)CCCCCCC/C=C\CCCC)OC(=O)CCCCCC/C=C\C/C=C\C/C=C\C/C=C\CC. The van der Waals surface area contributed by atoms with E-state index in [0.717, 1.165) is 173 Å². The Bertz CT molecular complexity index is 2690. The molecule has 19 heteroatoms. The van der Waals surface area contributed by atoms with Gasteiger partial charge < -0.3 is 33.8 Å². The van der Waals surface area contributed by atoms with Crippen LogP contribution in [0.5, 0.6) is 0 Å². The first-order valence-corrected chi connectivity index (χ1v) is 42.0. The highest BCUT2D eigenvalue weighted by Crippen LogP contribution is 2.45. The molecular formula is C85H136O17P2. The number of hydrogen-bond acceptors (Lipinski definition) is 15. The second-order valence-corrected chi connectivity index (χ2v) is 28.1. The highest BCUT2D eigenvalue weighted by Gasteiger charge is 2.30. The summed E-state index contributed by atoms with van der Waals surface area (Å²) in [6.45, 7) is 4.31. The predicted molar refractivity (Wildman–Crippen MR) is 426 cm³/mol. The summed E-state index contributed by atoms with van der Waals surface area (Å²) < 4.78 is 68.4. The highest BCUT2D eigenvalue weighted by atomic mass is 31.2. The molecule has 0 radical (unpaired) electrons. The molecule has 0 aliphatic carbocycles. The Morgan fingerprint density at radius 1 is 0.279 bits per heavy atom. The third-order valence-electron chi connectivity index (χ3n) is 15.4. The summed E-state index contributed by atoms with van der Waals surface area (Å²) in [7, 11) is -10.0. The van der Waals surface area contributed by atoms with Crippen LogP contribution >= 0.6 is 15.6 Å². The number of carbonyl (C=O) groups is 4. The number of hydrogen-bond donors (Lipinski definition) is 3. The number of esters is 4. The van der Waals surface area contributed by atoms with Gasteiger partial charge in [0.05, 0.1) is 26.4 Å². The van der Waals surface area contributed by atoms with Crippen LogP contribution in [-0.4, -0.2) is 96.7 Å². The van der Waals surface area contributed by atoms with Gasteiger partial charge in [-0.25, -0.2) is 9.13 Å². The first-order valence-electron chi connectivity index (χ1n) is 39.0. The Labute approximate surface area is 628 Å². The number of carbonyl (C=O) groups excluding carboxylic acids is 4. The van der Waals surface area contributed by atoms with Crippen LogP contribution in [-0.2, 0) is 65.4 Å². The van der Waals surface area contributed by atoms with Crippen LogP contribution < -0.4 is 0 Å². The van der Waals surface area contributed by atoms with Crippen molar-refractivity contribution >= 4 is 39.5 Å². The standard InChI is InChI=1S/C85H136O17P2/c1-5-9-13-17-21-25-29-32-35-38-39-42-44-47-51-54-58-62-66-70-83(88)96-76-81(102-85(90)72-68-64-60-56-52-48-45-41-37-34-31-27-23-19-15-11-7-3)78-100-104(93,94)98-74-79(86)73-97-103(91,92)99-77-80(101-84(89)71-67-63-59-55-49-28-24-20-16-12-8-4)75-95-82(87)69-65-61-57-53-50-46-43-40-36-33-30-26-22-18-14-10-6-2/h9-11,13-15,20-27,32-37,39,42-43,45-48,51,58,62,79-81,86H,5-8,12,16-19,28-31,38,40-41,44,49-50,52-57,59-61,63-78H2,1-4H3,(H,91,92)(H,93,94)/b13-9-,14-10-,15-11-,24-20-,25-21-,26-22-,27-23-,35-32-,36-33-,37-34-,42-39-,46-43-,48-45-,51-47-,62-58-. The number of aliphatic hydroxyl groups is 1. The second kappa shape index (κ2) is 75.4. The van der Waals surface area contributed by atoms with Crippen molar-refractivity contribution in [2.75, 3.05) is 39.6 Å². The van der Waals surface area contributed by atoms with E-state index in [1.807, 2.05) is 18.2 Å². The maximum atomic E-state index is 13.1. The van der Waals surface area contributed by atoms with E-state index in [0.29, 0.717) is 32.1 Å². The van der Waals surface area contributed by atoms with Crippen molar-refractivity contribution in [3.8, 4) is 0 Å². The maximum absolute atomic E-state index is 13.1. The normalized spacial score (nSPS) is 14.9. The van der Waals surface area contributed by atoms with E-state index in [-0.39, 0.29) is 25.7 Å². The molecule has 0 aromatic heterocycles. The predicted octanol–water partition coefficient (Wildman–Crippen LogP) is 22.8. The fourth-order valence-electron chi connectivity index (χ4n) is 9.50. The van der Waals surface area contributed by atoms with Crippen LogP contribution in [0.4, 0.5) is 0 Å². The van der Waals surface area contributed by atoms with Crippen molar-refractivity contribution in [2.45, 2.75) is 290 Å². The second-order valence-electron chi connectivity index (χ2n) is 25.1. The fraction of sp³-hybridized carbons (Fsp3) is 0.600. The topological polar surface area (TPSA) is 237 Å². The molecule has 0 spiro atoms. The minimum Gasteiger partial charge on any atom is -0.462 e. The zero-order chi connectivity index (χ0) is 76.0. The molecule has 17 nitrogen and oxygen atoms in total. The third-order valence-corrected chi connectivity index (χ3v) is 17.3. The number of unbranched alkanes of at least 4 members (excludes halogenated alkanes) is 15. The molecule has 0 saturated heterocycles. The molecule has 0 aliphatic heterocycles. The van der Waals surface area contributed by atoms with Crippen LogP contribution in [0.1, 0.15) is 272 Å². The Balaban J connectivity index is 5.47. The first-order chi connectivity index (χ1) is 50.7. The smallest absolute Gasteiger partial charge is 0.462 e. The van der Waals surface area contributed by atoms with Gasteiger partial charge in [0.25, 0.3) is 0 Å². The lowest BCUT2D eigenvalue weighted by Crippen LogP contribution is -2.30. The summed E-state index contributed by atoms with van der Waals surface area (Å²) in [6.07, 6.45) is 90.4. The number of allylic oxidation sites excluding steroid dienone is 30. The molecule has 3 N–H and O–H groups in total. The summed E-state index contributed by atoms with van der Waals surface area (Å²) >= 11 is 0. The molecule has 104 heavy (non-hydrogen) atoms. The average Bonchev–Trinajstić information content (AvgIpc) is 0.931. The van der Waals surface area contributed by atoms with E-state index in [2.05, 4.69) is 192 Å². The molecule has 0 bridgehead atoms. The number of phosphoric acid groups is 2. The monoisotopic (exact) mass is 1490 g/mol. The molecule has 0 aliphatic rings. The molecule has 0 saturated carbocycles. The van der Waals surface area contributed by atoms with Gasteiger partial charge in [-0.05, 0) is 161 Å². The van der Waals surface area contributed by atoms with Crippen molar-refractivity contribution in [3.63, 3.8) is 0 Å². The molecular weight excluding hydrogens is 1350 g/mol. The van der Waals surface area contributed by atoms with Crippen LogP contribution in [0.25, 0.3) is 0 Å². The molecule has 0 aromatic rings. The fourth-order valence-corrected chi connectivity index (χ4v) is 11.1. The summed E-state index contributed by atoms with van der Waals surface area (Å²) in [5.74, 6) is -2.36. The third kappa shape index (κ3) is 74.4. The van der Waals surface area contributed by atoms with Crippen LogP contribution in [0.2, 0.25) is 0 Å². The lowest BCUT2D eigenvalue weighted by Gasteiger charge is -2.21. The summed E-state index contributed by atoms with van der Waals surface area (Å²) in [4.78, 5) is 72.9. The molecule has 0 aromatic carbocycles. The number of phosphoric ester groups is 2. The van der Waals surface area contributed by atoms with Crippen LogP contribution in [0, 0.1) is 0 Å². The Kier molecular flexibility index (Phi) is 71.2. The van der Waals surface area contributed by atoms with E-state index in [1.165, 1.54) is 12.8 Å². The average molecular weight is 1490 g/mol. The first kappa shape index (κ1) is 98.2. The highest BCUT2D eigenvalue weighted by molar-refractivity contribution is 7.47. The van der Waals surface area contributed by atoms with Crippen molar-refractivity contribution in [2.24, 2.45) is 0 Å². The van der Waals surface area contributed by atoms with Crippen molar-refractivity contribution in [1.29, 1.82) is 0 Å². The van der Waals surface area contributed by atoms with Gasteiger partial charge in [-0.3, -0.25) is 37.3 Å². The Morgan fingerprint density at radius 3 is 0.837 bits per heavy atom. The van der Waals surface area contributed by atoms with Crippen molar-refractivity contribution < 1.29 is 80.2 Å². The van der Waals surface area contributed by atoms with Crippen LogP contribution in [0.15, 0.2) is 182 Å². The largest absolute Gasteiger partial charge is 0.472 e. The van der Waals surface area contributed by atoms with Gasteiger partial charge in [0.2, 0.25) is 0 Å². The molecule has 588 valence electrons. The minimum absolute atomic E-state index is 0.0230. The van der Waals surface area contributed by atoms with Crippen LogP contribution in [0.3, 0.4) is 0 Å². The van der Waals surface area contributed by atoms with Gasteiger partial charge in [-0.15, -0.1) is 0 Å². The Hall–Kier alpha value is -5.84. The maximum Gasteiger partial charge on any atom is 0.472 e. The lowest BCUT2D eigenvalue weighted by atomic mass is 10.1. The molecule has 0 fully saturated rings. The zero-order valence-electron chi connectivity index (χ0n) is 64.1. The van der Waals surface area contributed by atoms with Gasteiger partial charge in [-0.2, -0.15) is 0 Å². The number of rotatable bonds is 71. The quantitative estimate of drug-likeness (QED) is 0.0169. The molecule has 0 heterocycles. The van der Waals surface area contributed by atoms with Crippen molar-refractivity contribution in [3.05, 3.63) is 182 Å². The van der Waals surface area contributed by atoms with Gasteiger partial charge in [0, 0.05) is 25.7 Å². The van der Waals surface area contributed by atoms with E-state index in [1.54, 1.807) is 0 Å². The zero-order valence-corrected chi connectivity index (χ0v) is 65.9. The van der Waals surface area contributed by atoms with Gasteiger partial charge in [0.15, 0.2) is 12.2 Å². The molecule has 0 amide bonds. The molecule has 0 rings (SSSR count). The summed E-state index contributed by atoms with van der Waals surface area (Å²) in [5.41, 5.74) is 0. The molecule has 5 unspecified atom stereocenters. The number of ether oxygens (including phenoxy) is 4. The van der Waals surface area contributed by atoms with Gasteiger partial charge in [-0.1, -0.05) is 268 Å². The number of aliphatic hydroxyl groups excluding tert-OH is 1. The Morgan fingerprint density at radius 2 is 0.519 bits per heavy atom. The summed E-state index contributed by atoms with van der Waals surface area (Å²) in [6, 6.07) is 0. The van der Waals surface area contributed by atoms with Gasteiger partial charge in [0.1, 0.15) is 19.3 Å².